The molecule has 104 valence electrons. The average molecular weight is 272 g/mol. The second-order valence-corrected chi connectivity index (χ2v) is 5.20. The Kier molecular flexibility index (Phi) is 3.28. The number of benzene rings is 1. The van der Waals surface area contributed by atoms with Crippen molar-refractivity contribution >= 4 is 0 Å². The van der Waals surface area contributed by atoms with Gasteiger partial charge in [-0.25, -0.2) is 4.79 Å². The molecule has 0 radical (unpaired) electrons. The van der Waals surface area contributed by atoms with E-state index in [1.807, 2.05) is 24.3 Å². The minimum Gasteiger partial charge on any atom is -0.396 e. The number of aliphatic hydroxyl groups is 1. The van der Waals surface area contributed by atoms with Gasteiger partial charge in [0.1, 0.15) is 0 Å². The molecule has 1 aromatic carbocycles. The van der Waals surface area contributed by atoms with E-state index < -0.39 is 0 Å². The van der Waals surface area contributed by atoms with Gasteiger partial charge in [0.15, 0.2) is 0 Å². The first-order valence-electron chi connectivity index (χ1n) is 6.68. The van der Waals surface area contributed by atoms with E-state index in [4.69, 9.17) is 0 Å². The Bertz CT molecular complexity index is 732. The van der Waals surface area contributed by atoms with Crippen molar-refractivity contribution in [2.24, 2.45) is 0 Å². The molecule has 0 saturated carbocycles. The summed E-state index contributed by atoms with van der Waals surface area (Å²) in [6.07, 6.45) is 2.34. The molecule has 1 aliphatic rings. The quantitative estimate of drug-likeness (QED) is 0.868. The van der Waals surface area contributed by atoms with E-state index in [1.165, 1.54) is 22.4 Å². The fourth-order valence-electron chi connectivity index (χ4n) is 3.02. The first-order valence-corrected chi connectivity index (χ1v) is 6.68. The van der Waals surface area contributed by atoms with Crippen LogP contribution in [-0.4, -0.2) is 21.3 Å². The third-order valence-corrected chi connectivity index (χ3v) is 3.98. The normalized spacial score (nSPS) is 20.9. The van der Waals surface area contributed by atoms with Crippen molar-refractivity contribution in [1.82, 2.24) is 9.55 Å². The van der Waals surface area contributed by atoms with Crippen molar-refractivity contribution in [3.8, 4) is 0 Å². The molecular weight excluding hydrogens is 256 g/mol. The highest BCUT2D eigenvalue weighted by molar-refractivity contribution is 5.38. The number of aromatic amines is 1. The third kappa shape index (κ3) is 2.20. The summed E-state index contributed by atoms with van der Waals surface area (Å²) in [6, 6.07) is 9.38. The van der Waals surface area contributed by atoms with Gasteiger partial charge in [0.05, 0.1) is 0 Å². The van der Waals surface area contributed by atoms with E-state index in [-0.39, 0.29) is 29.7 Å². The molecule has 0 aliphatic heterocycles. The predicted molar refractivity (Wildman–Crippen MR) is 74.9 cm³/mol. The second kappa shape index (κ2) is 5.09. The summed E-state index contributed by atoms with van der Waals surface area (Å²) in [5.41, 5.74) is 1.58. The zero-order chi connectivity index (χ0) is 14.1. The molecule has 0 unspecified atom stereocenters. The SMILES string of the molecule is O=c1ccn(C[C@@H]2C[C@H](CO)c3ccccc32)c(=O)[nH]1. The first-order chi connectivity index (χ1) is 9.69. The van der Waals surface area contributed by atoms with Gasteiger partial charge in [0.25, 0.3) is 5.56 Å². The molecule has 1 aliphatic carbocycles. The van der Waals surface area contributed by atoms with Gasteiger partial charge >= 0.3 is 5.69 Å². The molecule has 1 aromatic heterocycles. The number of fused-ring (bicyclic) bond motifs is 1. The average Bonchev–Trinajstić information content (AvgIpc) is 2.80. The van der Waals surface area contributed by atoms with Crippen LogP contribution in [0.15, 0.2) is 46.1 Å². The Morgan fingerprint density at radius 2 is 1.85 bits per heavy atom. The minimum absolute atomic E-state index is 0.119. The van der Waals surface area contributed by atoms with Crippen molar-refractivity contribution in [3.05, 3.63) is 68.5 Å². The highest BCUT2D eigenvalue weighted by Crippen LogP contribution is 2.41. The number of aromatic nitrogens is 2. The van der Waals surface area contributed by atoms with Gasteiger partial charge in [-0.05, 0) is 17.5 Å². The van der Waals surface area contributed by atoms with E-state index in [0.29, 0.717) is 6.54 Å². The Hall–Kier alpha value is -2.14. The molecule has 5 heteroatoms. The summed E-state index contributed by atoms with van der Waals surface area (Å²) in [5, 5.41) is 9.47. The monoisotopic (exact) mass is 272 g/mol. The van der Waals surface area contributed by atoms with Crippen LogP contribution < -0.4 is 11.2 Å². The highest BCUT2D eigenvalue weighted by atomic mass is 16.3. The van der Waals surface area contributed by atoms with Crippen LogP contribution >= 0.6 is 0 Å². The maximum absolute atomic E-state index is 11.7. The third-order valence-electron chi connectivity index (χ3n) is 3.98. The van der Waals surface area contributed by atoms with Crippen LogP contribution in [0.2, 0.25) is 0 Å². The fourth-order valence-corrected chi connectivity index (χ4v) is 3.02. The van der Waals surface area contributed by atoms with Crippen LogP contribution in [0.5, 0.6) is 0 Å². The predicted octanol–water partition coefficient (Wildman–Crippen LogP) is 0.800. The van der Waals surface area contributed by atoms with Crippen molar-refractivity contribution in [1.29, 1.82) is 0 Å². The summed E-state index contributed by atoms with van der Waals surface area (Å²) >= 11 is 0. The maximum Gasteiger partial charge on any atom is 0.328 e. The van der Waals surface area contributed by atoms with Crippen LogP contribution in [-0.2, 0) is 6.54 Å². The number of H-pyrrole nitrogens is 1. The van der Waals surface area contributed by atoms with Crippen LogP contribution in [0.1, 0.15) is 29.4 Å². The lowest BCUT2D eigenvalue weighted by molar-refractivity contribution is 0.259. The molecule has 0 fully saturated rings. The van der Waals surface area contributed by atoms with E-state index in [1.54, 1.807) is 0 Å². The Morgan fingerprint density at radius 3 is 2.50 bits per heavy atom. The lowest BCUT2D eigenvalue weighted by atomic mass is 10.0. The molecule has 2 atom stereocenters. The van der Waals surface area contributed by atoms with Crippen molar-refractivity contribution in [3.63, 3.8) is 0 Å². The molecule has 1 heterocycles. The molecule has 0 amide bonds. The smallest absolute Gasteiger partial charge is 0.328 e. The van der Waals surface area contributed by atoms with Gasteiger partial charge in [-0.1, -0.05) is 24.3 Å². The lowest BCUT2D eigenvalue weighted by Crippen LogP contribution is -2.30. The number of nitrogens with one attached hydrogen (secondary N) is 1. The molecule has 0 spiro atoms. The van der Waals surface area contributed by atoms with Gasteiger partial charge in [-0.2, -0.15) is 0 Å². The number of rotatable bonds is 3. The second-order valence-electron chi connectivity index (χ2n) is 5.20. The lowest BCUT2D eigenvalue weighted by Gasteiger charge is -2.13. The zero-order valence-electron chi connectivity index (χ0n) is 11.0. The van der Waals surface area contributed by atoms with Gasteiger partial charge in [-0.15, -0.1) is 0 Å². The molecule has 3 rings (SSSR count). The molecular formula is C15H16N2O3. The van der Waals surface area contributed by atoms with Crippen LogP contribution in [0, 0.1) is 0 Å². The summed E-state index contributed by atoms with van der Waals surface area (Å²) in [6.45, 7) is 0.636. The summed E-state index contributed by atoms with van der Waals surface area (Å²) in [4.78, 5) is 25.1. The fraction of sp³-hybridized carbons (Fsp3) is 0.333. The zero-order valence-corrected chi connectivity index (χ0v) is 11.0. The topological polar surface area (TPSA) is 75.1 Å². The summed E-state index contributed by atoms with van der Waals surface area (Å²) < 4.78 is 1.52. The summed E-state index contributed by atoms with van der Waals surface area (Å²) in [7, 11) is 0. The Morgan fingerprint density at radius 1 is 1.15 bits per heavy atom. The van der Waals surface area contributed by atoms with Gasteiger partial charge in [0.2, 0.25) is 0 Å². The van der Waals surface area contributed by atoms with Gasteiger partial charge in [0, 0.05) is 37.3 Å². The van der Waals surface area contributed by atoms with Gasteiger partial charge < -0.3 is 5.11 Å². The number of hydrogen-bond acceptors (Lipinski definition) is 3. The largest absolute Gasteiger partial charge is 0.396 e. The molecule has 2 N–H and O–H groups in total. The van der Waals surface area contributed by atoms with Crippen LogP contribution in [0.3, 0.4) is 0 Å². The van der Waals surface area contributed by atoms with Crippen molar-refractivity contribution in [2.45, 2.75) is 24.8 Å². The Labute approximate surface area is 115 Å². The van der Waals surface area contributed by atoms with Crippen molar-refractivity contribution < 1.29 is 5.11 Å². The van der Waals surface area contributed by atoms with Crippen LogP contribution in [0.25, 0.3) is 0 Å². The van der Waals surface area contributed by atoms with E-state index in [9.17, 15) is 14.7 Å². The van der Waals surface area contributed by atoms with E-state index in [2.05, 4.69) is 4.98 Å². The minimum atomic E-state index is -0.387. The molecule has 0 bridgehead atoms. The van der Waals surface area contributed by atoms with Crippen molar-refractivity contribution in [2.75, 3.05) is 6.61 Å². The number of nitrogens with zero attached hydrogens (tertiary/aromatic N) is 1. The highest BCUT2D eigenvalue weighted by Gasteiger charge is 2.30. The molecule has 2 aromatic rings. The number of hydrogen-bond donors (Lipinski definition) is 2. The standard InChI is InChI=1S/C15H16N2O3/c18-9-11-7-10(12-3-1-2-4-13(11)12)8-17-6-5-14(19)16-15(17)20/h1-6,10-11,18H,7-9H2,(H,16,19,20)/t10-,11+/m0/s1. The maximum atomic E-state index is 11.7. The molecule has 0 saturated heterocycles. The van der Waals surface area contributed by atoms with Gasteiger partial charge in [-0.3, -0.25) is 14.3 Å². The first kappa shape index (κ1) is 12.9. The molecule has 5 nitrogen and oxygen atoms in total. The van der Waals surface area contributed by atoms with E-state index >= 15 is 0 Å². The Balaban J connectivity index is 1.93. The molecule has 20 heavy (non-hydrogen) atoms. The number of aliphatic hydroxyl groups excluding tert-OH is 1. The summed E-state index contributed by atoms with van der Waals surface area (Å²) in [5.74, 6) is 0.321. The van der Waals surface area contributed by atoms with Crippen LogP contribution in [0.4, 0.5) is 0 Å². The van der Waals surface area contributed by atoms with E-state index in [0.717, 1.165) is 12.0 Å².